The number of ether oxygens (including phenoxy) is 1. The third-order valence-electron chi connectivity index (χ3n) is 2.53. The molecule has 0 saturated carbocycles. The van der Waals surface area contributed by atoms with Gasteiger partial charge in [-0.1, -0.05) is 15.9 Å². The van der Waals surface area contributed by atoms with Crippen molar-refractivity contribution in [2.75, 3.05) is 19.8 Å². The number of carbonyl (C=O) groups excluding carboxylic acids is 1. The fourth-order valence-electron chi connectivity index (χ4n) is 1.60. The summed E-state index contributed by atoms with van der Waals surface area (Å²) < 4.78 is 19.2. The Hall–Kier alpha value is -1.14. The van der Waals surface area contributed by atoms with Crippen LogP contribution in [0.4, 0.5) is 4.39 Å². The van der Waals surface area contributed by atoms with E-state index in [1.165, 1.54) is 17.2 Å². The molecule has 98 valence electrons. The average molecular weight is 318 g/mol. The number of amides is 1. The minimum atomic E-state index is -0.503. The van der Waals surface area contributed by atoms with Crippen LogP contribution in [0.5, 0.6) is 5.75 Å². The van der Waals surface area contributed by atoms with Gasteiger partial charge >= 0.3 is 0 Å². The first-order chi connectivity index (χ1) is 8.66. The van der Waals surface area contributed by atoms with E-state index in [2.05, 4.69) is 15.9 Å². The lowest BCUT2D eigenvalue weighted by Crippen LogP contribution is -2.38. The van der Waals surface area contributed by atoms with Crippen molar-refractivity contribution in [1.82, 2.24) is 5.06 Å². The summed E-state index contributed by atoms with van der Waals surface area (Å²) in [5.74, 6) is -0.739. The monoisotopic (exact) mass is 317 g/mol. The van der Waals surface area contributed by atoms with Crippen molar-refractivity contribution in [2.45, 2.75) is 12.8 Å². The molecule has 1 heterocycles. The van der Waals surface area contributed by atoms with Gasteiger partial charge in [-0.2, -0.15) is 0 Å². The van der Waals surface area contributed by atoms with Gasteiger partial charge in [-0.15, -0.1) is 0 Å². The van der Waals surface area contributed by atoms with Crippen LogP contribution in [-0.4, -0.2) is 30.7 Å². The number of nitrogens with zero attached hydrogens (tertiary/aromatic N) is 1. The molecule has 0 spiro atoms. The number of benzene rings is 1. The molecule has 2 rings (SSSR count). The third-order valence-corrected chi connectivity index (χ3v) is 3.02. The lowest BCUT2D eigenvalue weighted by atomic mass is 10.3. The first-order valence-corrected chi connectivity index (χ1v) is 6.47. The highest BCUT2D eigenvalue weighted by Gasteiger charge is 2.18. The summed E-state index contributed by atoms with van der Waals surface area (Å²) in [7, 11) is 0. The van der Waals surface area contributed by atoms with Crippen molar-refractivity contribution in [3.63, 3.8) is 0 Å². The van der Waals surface area contributed by atoms with Gasteiger partial charge in [-0.05, 0) is 31.0 Å². The number of carbonyl (C=O) groups is 1. The van der Waals surface area contributed by atoms with Crippen LogP contribution < -0.4 is 4.74 Å². The Morgan fingerprint density at radius 3 is 3.00 bits per heavy atom. The molecular formula is C12H13BrFNO3. The zero-order chi connectivity index (χ0) is 13.0. The van der Waals surface area contributed by atoms with E-state index in [1.54, 1.807) is 6.07 Å². The first kappa shape index (κ1) is 13.3. The molecule has 1 aliphatic rings. The van der Waals surface area contributed by atoms with Crippen LogP contribution in [0.25, 0.3) is 0 Å². The molecule has 6 heteroatoms. The van der Waals surface area contributed by atoms with Gasteiger partial charge in [-0.3, -0.25) is 9.63 Å². The second-order valence-corrected chi connectivity index (χ2v) is 4.82. The molecule has 4 nitrogen and oxygen atoms in total. The zero-order valence-corrected chi connectivity index (χ0v) is 11.3. The predicted octanol–water partition coefficient (Wildman–Crippen LogP) is 2.52. The molecule has 1 aromatic carbocycles. The van der Waals surface area contributed by atoms with E-state index < -0.39 is 5.82 Å². The van der Waals surface area contributed by atoms with Crippen molar-refractivity contribution in [2.24, 2.45) is 0 Å². The van der Waals surface area contributed by atoms with Gasteiger partial charge in [0, 0.05) is 11.0 Å². The second-order valence-electron chi connectivity index (χ2n) is 3.90. The topological polar surface area (TPSA) is 38.8 Å². The van der Waals surface area contributed by atoms with Crippen LogP contribution in [0, 0.1) is 5.82 Å². The molecule has 1 amide bonds. The fourth-order valence-corrected chi connectivity index (χ4v) is 1.93. The molecule has 1 fully saturated rings. The lowest BCUT2D eigenvalue weighted by molar-refractivity contribution is -0.198. The summed E-state index contributed by atoms with van der Waals surface area (Å²) in [6.07, 6.45) is 1.87. The van der Waals surface area contributed by atoms with Crippen LogP contribution in [0.2, 0.25) is 0 Å². The molecule has 0 unspecified atom stereocenters. The molecule has 0 radical (unpaired) electrons. The van der Waals surface area contributed by atoms with Gasteiger partial charge in [-0.25, -0.2) is 9.45 Å². The largest absolute Gasteiger partial charge is 0.481 e. The molecule has 0 bridgehead atoms. The quantitative estimate of drug-likeness (QED) is 0.860. The Labute approximate surface area is 113 Å². The molecule has 0 N–H and O–H groups in total. The highest BCUT2D eigenvalue weighted by molar-refractivity contribution is 9.10. The number of rotatable bonds is 3. The Kier molecular flexibility index (Phi) is 4.54. The van der Waals surface area contributed by atoms with Crippen molar-refractivity contribution < 1.29 is 18.8 Å². The maximum absolute atomic E-state index is 13.4. The molecule has 1 aliphatic heterocycles. The third kappa shape index (κ3) is 3.43. The molecule has 1 saturated heterocycles. The maximum atomic E-state index is 13.4. The van der Waals surface area contributed by atoms with Gasteiger partial charge < -0.3 is 4.74 Å². The minimum absolute atomic E-state index is 0.0589. The van der Waals surface area contributed by atoms with Gasteiger partial charge in [0.05, 0.1) is 6.61 Å². The molecular weight excluding hydrogens is 305 g/mol. The van der Waals surface area contributed by atoms with Crippen LogP contribution >= 0.6 is 15.9 Å². The lowest BCUT2D eigenvalue weighted by Gasteiger charge is -2.25. The predicted molar refractivity (Wildman–Crippen MR) is 66.5 cm³/mol. The van der Waals surface area contributed by atoms with Gasteiger partial charge in [0.2, 0.25) is 0 Å². The molecule has 0 aromatic heterocycles. The highest BCUT2D eigenvalue weighted by Crippen LogP contribution is 2.21. The van der Waals surface area contributed by atoms with E-state index in [4.69, 9.17) is 9.57 Å². The fraction of sp³-hybridized carbons (Fsp3) is 0.417. The van der Waals surface area contributed by atoms with Gasteiger partial charge in [0.1, 0.15) is 0 Å². The van der Waals surface area contributed by atoms with E-state index in [0.29, 0.717) is 17.6 Å². The Balaban J connectivity index is 1.88. The summed E-state index contributed by atoms with van der Waals surface area (Å²) in [5, 5.41) is 1.28. The zero-order valence-electron chi connectivity index (χ0n) is 9.70. The standard InChI is InChI=1S/C12H13BrFNO3/c13-9-3-4-11(10(14)7-9)17-8-12(16)15-5-1-2-6-18-15/h3-4,7H,1-2,5-6,8H2. The molecule has 18 heavy (non-hydrogen) atoms. The summed E-state index contributed by atoms with van der Waals surface area (Å²) in [6.45, 7) is 0.877. The Bertz CT molecular complexity index is 435. The summed E-state index contributed by atoms with van der Waals surface area (Å²) in [4.78, 5) is 16.9. The smallest absolute Gasteiger partial charge is 0.283 e. The van der Waals surface area contributed by atoms with Gasteiger partial charge in [0.25, 0.3) is 5.91 Å². The maximum Gasteiger partial charge on any atom is 0.283 e. The van der Waals surface area contributed by atoms with E-state index >= 15 is 0 Å². The molecule has 0 atom stereocenters. The van der Waals surface area contributed by atoms with Crippen LogP contribution in [-0.2, 0) is 9.63 Å². The number of hydrogen-bond acceptors (Lipinski definition) is 3. The van der Waals surface area contributed by atoms with Crippen LogP contribution in [0.15, 0.2) is 22.7 Å². The number of hydroxylamine groups is 2. The van der Waals surface area contributed by atoms with E-state index in [9.17, 15) is 9.18 Å². The van der Waals surface area contributed by atoms with Crippen molar-refractivity contribution in [3.8, 4) is 5.75 Å². The summed E-state index contributed by atoms with van der Waals surface area (Å²) >= 11 is 3.15. The summed E-state index contributed by atoms with van der Waals surface area (Å²) in [6, 6.07) is 4.42. The van der Waals surface area contributed by atoms with E-state index in [0.717, 1.165) is 12.8 Å². The normalized spacial score (nSPS) is 15.6. The minimum Gasteiger partial charge on any atom is -0.481 e. The first-order valence-electron chi connectivity index (χ1n) is 5.68. The average Bonchev–Trinajstić information content (AvgIpc) is 2.38. The van der Waals surface area contributed by atoms with Crippen molar-refractivity contribution in [3.05, 3.63) is 28.5 Å². The van der Waals surface area contributed by atoms with E-state index in [-0.39, 0.29) is 18.3 Å². The second kappa shape index (κ2) is 6.15. The highest BCUT2D eigenvalue weighted by atomic mass is 79.9. The summed E-state index contributed by atoms with van der Waals surface area (Å²) in [5.41, 5.74) is 0. The van der Waals surface area contributed by atoms with Gasteiger partial charge in [0.15, 0.2) is 18.2 Å². The number of hydrogen-bond donors (Lipinski definition) is 0. The SMILES string of the molecule is O=C(COc1ccc(Br)cc1F)N1CCCCO1. The number of halogens is 2. The Morgan fingerprint density at radius 1 is 1.50 bits per heavy atom. The van der Waals surface area contributed by atoms with E-state index in [1.807, 2.05) is 0 Å². The van der Waals surface area contributed by atoms with Crippen molar-refractivity contribution >= 4 is 21.8 Å². The van der Waals surface area contributed by atoms with Crippen LogP contribution in [0.1, 0.15) is 12.8 Å². The Morgan fingerprint density at radius 2 is 2.33 bits per heavy atom. The van der Waals surface area contributed by atoms with Crippen molar-refractivity contribution in [1.29, 1.82) is 0 Å². The molecule has 0 aliphatic carbocycles. The van der Waals surface area contributed by atoms with Crippen LogP contribution in [0.3, 0.4) is 0 Å². The molecule has 1 aromatic rings.